The van der Waals surface area contributed by atoms with Gasteiger partial charge in [0, 0.05) is 65.8 Å². The first-order valence-corrected chi connectivity index (χ1v) is 0. The Morgan fingerprint density at radius 3 is 1.25 bits per heavy atom. The van der Waals surface area contributed by atoms with Crippen molar-refractivity contribution in [2.45, 2.75) is 0 Å². The summed E-state index contributed by atoms with van der Waals surface area (Å²) in [5.74, 6) is 0. The molecule has 4 heteroatoms. The van der Waals surface area contributed by atoms with Crippen LogP contribution in [-0.4, -0.2) is 0 Å². The fourth-order valence-corrected chi connectivity index (χ4v) is 0. The van der Waals surface area contributed by atoms with E-state index in [1.165, 1.54) is 0 Å². The Bertz CT molecular complexity index is 11.6. The van der Waals surface area contributed by atoms with Gasteiger partial charge in [-0.05, 0) is 0 Å². The molecule has 23 valence electrons. The van der Waals surface area contributed by atoms with Crippen LogP contribution >= 0.6 is 0 Å². The van der Waals surface area contributed by atoms with Gasteiger partial charge in [0.05, 0.1) is 0 Å². The van der Waals surface area contributed by atoms with E-state index in [2.05, 4.69) is 0 Å². The van der Waals surface area contributed by atoms with Crippen molar-refractivity contribution in [1.82, 2.24) is 0 Å². The molecule has 0 rings (SSSR count). The second kappa shape index (κ2) is 15.8. The Balaban J connectivity index is 0. The van der Waals surface area contributed by atoms with Gasteiger partial charge in [0.25, 0.3) is 0 Å². The molecule has 0 amide bonds. The maximum atomic E-state index is 0. The zero-order valence-electron chi connectivity index (χ0n) is 3.19. The van der Waals surface area contributed by atoms with Crippen LogP contribution in [-0.2, 0) is 65.8 Å². The van der Waals surface area contributed by atoms with E-state index in [0.717, 1.165) is 0 Å². The van der Waals surface area contributed by atoms with Crippen LogP contribution in [0, 0.1) is 0 Å². The molecule has 0 aromatic heterocycles. The first-order valence-electron chi connectivity index (χ1n) is 0. The predicted molar refractivity (Wildman–Crippen MR) is 1.11 cm³/mol. The van der Waals surface area contributed by atoms with E-state index in [0.29, 0.717) is 0 Å². The topological polar surface area (TPSA) is 0 Å². The molecule has 0 N–H and O–H groups in total. The first-order chi connectivity index (χ1) is 0. The molecule has 0 spiro atoms. The number of hydrogen-bond donors (Lipinski definition) is 0. The van der Waals surface area contributed by atoms with Crippen molar-refractivity contribution >= 4 is 0 Å². The summed E-state index contributed by atoms with van der Waals surface area (Å²) in [4.78, 5) is 0. The molecular formula is HIrRbRuZr. The maximum absolute atomic E-state index is 0. The third kappa shape index (κ3) is 9.35. The van der Waals surface area contributed by atoms with Crippen molar-refractivity contribution in [3.05, 3.63) is 0 Å². The van der Waals surface area contributed by atoms with Crippen LogP contribution < -0.4 is 58.2 Å². The minimum absolute atomic E-state index is 0. The molecule has 0 aliphatic rings. The van der Waals surface area contributed by atoms with Crippen molar-refractivity contribution in [2.24, 2.45) is 0 Å². The molecule has 0 nitrogen and oxygen atoms in total. The smallest absolute Gasteiger partial charge is 1.00 e. The molecule has 0 aliphatic carbocycles. The van der Waals surface area contributed by atoms with E-state index in [1.807, 2.05) is 0 Å². The number of rotatable bonds is 0. The summed E-state index contributed by atoms with van der Waals surface area (Å²) in [5.41, 5.74) is 0. The molecule has 0 saturated heterocycles. The second-order valence-electron chi connectivity index (χ2n) is 0. The zero-order valence-corrected chi connectivity index (χ0v) is 13.7. The summed E-state index contributed by atoms with van der Waals surface area (Å²) < 4.78 is 0. The zero-order chi connectivity index (χ0) is 0. The van der Waals surface area contributed by atoms with Gasteiger partial charge in [-0.1, -0.05) is 0 Å². The van der Waals surface area contributed by atoms with E-state index in [4.69, 9.17) is 0 Å². The maximum Gasteiger partial charge on any atom is 1.00 e. The molecule has 0 aromatic rings. The van der Waals surface area contributed by atoms with E-state index in [-0.39, 0.29) is 125 Å². The predicted octanol–water partition coefficient (Wildman–Crippen LogP) is -2.89. The minimum atomic E-state index is 0. The van der Waals surface area contributed by atoms with Gasteiger partial charge < -0.3 is 1.43 Å². The van der Waals surface area contributed by atoms with E-state index in [1.54, 1.807) is 0 Å². The second-order valence-corrected chi connectivity index (χ2v) is 0. The first kappa shape index (κ1) is 24.6. The van der Waals surface area contributed by atoms with Gasteiger partial charge in [-0.2, -0.15) is 0 Å². The Labute approximate surface area is 122 Å². The summed E-state index contributed by atoms with van der Waals surface area (Å²) in [7, 11) is 0. The number of hydrogen-bond acceptors (Lipinski definition) is 0. The van der Waals surface area contributed by atoms with Crippen LogP contribution in [0.5, 0.6) is 0 Å². The van der Waals surface area contributed by atoms with Gasteiger partial charge in [0.2, 0.25) is 0 Å². The molecule has 0 fully saturated rings. The van der Waals surface area contributed by atoms with Gasteiger partial charge in [0.15, 0.2) is 0 Å². The van der Waals surface area contributed by atoms with Crippen LogP contribution in [0.25, 0.3) is 0 Å². The van der Waals surface area contributed by atoms with Gasteiger partial charge in [0.1, 0.15) is 0 Å². The molecule has 0 bridgehead atoms. The van der Waals surface area contributed by atoms with Gasteiger partial charge in [-0.25, -0.2) is 0 Å². The molecule has 0 aromatic carbocycles. The van der Waals surface area contributed by atoms with Gasteiger partial charge in [-0.3, -0.25) is 0 Å². The van der Waals surface area contributed by atoms with Crippen LogP contribution in [0.1, 0.15) is 1.43 Å². The monoisotopic (exact) mass is 471 g/mol. The van der Waals surface area contributed by atoms with Crippen molar-refractivity contribution in [3.63, 3.8) is 0 Å². The molecule has 0 saturated carbocycles. The van der Waals surface area contributed by atoms with Crippen molar-refractivity contribution in [1.29, 1.82) is 0 Å². The fourth-order valence-electron chi connectivity index (χ4n) is 0. The SMILES string of the molecule is [H-].[Ir].[Rb+].[Ru].[Zr]. The third-order valence-corrected chi connectivity index (χ3v) is 0. The summed E-state index contributed by atoms with van der Waals surface area (Å²) in [6.45, 7) is 0. The van der Waals surface area contributed by atoms with Crippen molar-refractivity contribution < 1.29 is 125 Å². The van der Waals surface area contributed by atoms with E-state index in [9.17, 15) is 0 Å². The summed E-state index contributed by atoms with van der Waals surface area (Å²) >= 11 is 0. The van der Waals surface area contributed by atoms with E-state index >= 15 is 0 Å². The summed E-state index contributed by atoms with van der Waals surface area (Å²) in [5, 5.41) is 0. The van der Waals surface area contributed by atoms with Crippen molar-refractivity contribution in [3.8, 4) is 0 Å². The Hall–Kier alpha value is 3.96. The largest absolute Gasteiger partial charge is 1.00 e. The normalized spacial score (nSPS) is 0. The Morgan fingerprint density at radius 2 is 1.25 bits per heavy atom. The van der Waals surface area contributed by atoms with E-state index < -0.39 is 0 Å². The average molecular weight is 471 g/mol. The van der Waals surface area contributed by atoms with Crippen molar-refractivity contribution in [2.75, 3.05) is 0 Å². The molecule has 0 unspecified atom stereocenters. The molecule has 0 heterocycles. The summed E-state index contributed by atoms with van der Waals surface area (Å²) in [6.07, 6.45) is 0. The van der Waals surface area contributed by atoms with Gasteiger partial charge >= 0.3 is 58.2 Å². The Morgan fingerprint density at radius 1 is 1.25 bits per heavy atom. The van der Waals surface area contributed by atoms with Crippen LogP contribution in [0.3, 0.4) is 0 Å². The fraction of sp³-hybridized carbons (Fsp3) is 0. The standard InChI is InChI=1S/Ir.Rb.Ru.Zr.H/q;+1;;;-1. The molecular weight excluding hydrogens is 470 g/mol. The molecule has 4 heavy (non-hydrogen) atoms. The minimum Gasteiger partial charge on any atom is -1.00 e. The molecule has 0 aliphatic heterocycles. The van der Waals surface area contributed by atoms with Gasteiger partial charge in [-0.15, -0.1) is 0 Å². The average Bonchev–Trinajstić information content (AvgIpc) is 0. The Kier molecular flexibility index (Phi) is 96.9. The quantitative estimate of drug-likeness (QED) is 0.334. The third-order valence-electron chi connectivity index (χ3n) is 0. The summed E-state index contributed by atoms with van der Waals surface area (Å²) in [6, 6.07) is 0. The molecule has 1 radical (unpaired) electrons. The molecule has 0 atom stereocenters. The van der Waals surface area contributed by atoms with Crippen LogP contribution in [0.4, 0.5) is 0 Å². The van der Waals surface area contributed by atoms with Crippen LogP contribution in [0.15, 0.2) is 0 Å². The van der Waals surface area contributed by atoms with Crippen LogP contribution in [0.2, 0.25) is 0 Å².